The molecule has 0 aliphatic heterocycles. The second-order valence-electron chi connectivity index (χ2n) is 4.23. The van der Waals surface area contributed by atoms with E-state index in [-0.39, 0.29) is 11.3 Å². The second kappa shape index (κ2) is 4.14. The molecule has 0 bridgehead atoms. The SMILES string of the molecule is CC(C)S(=O)(=O)Cc1coc2c(F)cccc12. The van der Waals surface area contributed by atoms with E-state index in [4.69, 9.17) is 4.42 Å². The van der Waals surface area contributed by atoms with Crippen LogP contribution in [0.5, 0.6) is 0 Å². The number of para-hydroxylation sites is 1. The van der Waals surface area contributed by atoms with Crippen molar-refractivity contribution in [1.29, 1.82) is 0 Å². The summed E-state index contributed by atoms with van der Waals surface area (Å²) in [5.41, 5.74) is 0.620. The van der Waals surface area contributed by atoms with Crippen molar-refractivity contribution in [1.82, 2.24) is 0 Å². The molecular formula is C12H13FO3S. The molecule has 0 radical (unpaired) electrons. The number of benzene rings is 1. The second-order valence-corrected chi connectivity index (χ2v) is 6.79. The topological polar surface area (TPSA) is 47.3 Å². The van der Waals surface area contributed by atoms with Gasteiger partial charge in [-0.3, -0.25) is 0 Å². The van der Waals surface area contributed by atoms with Crippen molar-refractivity contribution in [3.05, 3.63) is 35.8 Å². The Hall–Kier alpha value is -1.36. The fourth-order valence-corrected chi connectivity index (χ4v) is 2.56. The Balaban J connectivity index is 2.48. The Kier molecular flexibility index (Phi) is 2.95. The molecule has 92 valence electrons. The van der Waals surface area contributed by atoms with E-state index in [0.717, 1.165) is 0 Å². The van der Waals surface area contributed by atoms with Crippen LogP contribution in [0.4, 0.5) is 4.39 Å². The summed E-state index contributed by atoms with van der Waals surface area (Å²) in [6.45, 7) is 3.25. The monoisotopic (exact) mass is 256 g/mol. The van der Waals surface area contributed by atoms with Crippen molar-refractivity contribution in [2.24, 2.45) is 0 Å². The van der Waals surface area contributed by atoms with Gasteiger partial charge in [-0.05, 0) is 19.9 Å². The third kappa shape index (κ3) is 2.20. The van der Waals surface area contributed by atoms with Gasteiger partial charge in [0.05, 0.1) is 17.3 Å². The van der Waals surface area contributed by atoms with Crippen LogP contribution in [-0.4, -0.2) is 13.7 Å². The van der Waals surface area contributed by atoms with Crippen molar-refractivity contribution in [3.63, 3.8) is 0 Å². The van der Waals surface area contributed by atoms with E-state index in [9.17, 15) is 12.8 Å². The van der Waals surface area contributed by atoms with Gasteiger partial charge in [-0.15, -0.1) is 0 Å². The number of hydrogen-bond acceptors (Lipinski definition) is 3. The number of rotatable bonds is 3. The summed E-state index contributed by atoms with van der Waals surface area (Å²) in [6.07, 6.45) is 1.31. The number of fused-ring (bicyclic) bond motifs is 1. The zero-order chi connectivity index (χ0) is 12.6. The highest BCUT2D eigenvalue weighted by Gasteiger charge is 2.20. The lowest BCUT2D eigenvalue weighted by molar-refractivity contribution is 0.558. The van der Waals surface area contributed by atoms with Crippen molar-refractivity contribution in [2.45, 2.75) is 24.9 Å². The number of furan rings is 1. The summed E-state index contributed by atoms with van der Waals surface area (Å²) < 4.78 is 42.0. The first-order valence-electron chi connectivity index (χ1n) is 5.28. The fourth-order valence-electron chi connectivity index (χ4n) is 1.57. The van der Waals surface area contributed by atoms with Gasteiger partial charge in [-0.25, -0.2) is 12.8 Å². The summed E-state index contributed by atoms with van der Waals surface area (Å²) in [4.78, 5) is 0. The molecule has 17 heavy (non-hydrogen) atoms. The lowest BCUT2D eigenvalue weighted by Gasteiger charge is -2.05. The van der Waals surface area contributed by atoms with Gasteiger partial charge >= 0.3 is 0 Å². The van der Waals surface area contributed by atoms with Gasteiger partial charge in [0.25, 0.3) is 0 Å². The molecule has 0 amide bonds. The molecule has 2 rings (SSSR count). The maximum absolute atomic E-state index is 13.3. The van der Waals surface area contributed by atoms with Crippen LogP contribution in [0.25, 0.3) is 11.0 Å². The summed E-state index contributed by atoms with van der Waals surface area (Å²) in [7, 11) is -3.21. The van der Waals surface area contributed by atoms with Crippen molar-refractivity contribution >= 4 is 20.8 Å². The Morgan fingerprint density at radius 1 is 1.35 bits per heavy atom. The zero-order valence-electron chi connectivity index (χ0n) is 9.60. The van der Waals surface area contributed by atoms with E-state index in [1.807, 2.05) is 0 Å². The van der Waals surface area contributed by atoms with E-state index >= 15 is 0 Å². The van der Waals surface area contributed by atoms with Crippen LogP contribution >= 0.6 is 0 Å². The number of hydrogen-bond donors (Lipinski definition) is 0. The molecule has 0 atom stereocenters. The normalized spacial score (nSPS) is 12.5. The summed E-state index contributed by atoms with van der Waals surface area (Å²) in [5, 5.41) is 0.0650. The largest absolute Gasteiger partial charge is 0.461 e. The molecule has 0 fully saturated rings. The molecule has 3 nitrogen and oxygen atoms in total. The molecular weight excluding hydrogens is 243 g/mol. The predicted molar refractivity (Wildman–Crippen MR) is 63.9 cm³/mol. The first-order chi connectivity index (χ1) is 7.92. The average molecular weight is 256 g/mol. The van der Waals surface area contributed by atoms with Gasteiger partial charge in [0.15, 0.2) is 21.2 Å². The molecule has 2 aromatic rings. The first-order valence-corrected chi connectivity index (χ1v) is 6.99. The maximum atomic E-state index is 13.3. The molecule has 5 heteroatoms. The van der Waals surface area contributed by atoms with Crippen LogP contribution in [0, 0.1) is 5.82 Å². The smallest absolute Gasteiger partial charge is 0.169 e. The van der Waals surface area contributed by atoms with E-state index < -0.39 is 20.9 Å². The lowest BCUT2D eigenvalue weighted by Crippen LogP contribution is -2.15. The predicted octanol–water partition coefficient (Wildman–Crippen LogP) is 2.90. The average Bonchev–Trinajstić information content (AvgIpc) is 2.62. The third-order valence-electron chi connectivity index (χ3n) is 2.71. The molecule has 0 aliphatic carbocycles. The van der Waals surface area contributed by atoms with Crippen LogP contribution in [0.1, 0.15) is 19.4 Å². The first kappa shape index (κ1) is 12.1. The van der Waals surface area contributed by atoms with Crippen LogP contribution in [0.2, 0.25) is 0 Å². The van der Waals surface area contributed by atoms with Crippen molar-refractivity contribution in [2.75, 3.05) is 0 Å². The van der Waals surface area contributed by atoms with E-state index in [1.54, 1.807) is 26.0 Å². The molecule has 0 saturated heterocycles. The zero-order valence-corrected chi connectivity index (χ0v) is 10.4. The summed E-state index contributed by atoms with van der Waals surface area (Å²) in [6, 6.07) is 4.48. The standard InChI is InChI=1S/C12H13FO3S/c1-8(2)17(14,15)7-9-6-16-12-10(9)4-3-5-11(12)13/h3-6,8H,7H2,1-2H3. The van der Waals surface area contributed by atoms with Gasteiger partial charge in [-0.2, -0.15) is 0 Å². The van der Waals surface area contributed by atoms with Crippen LogP contribution < -0.4 is 0 Å². The molecule has 1 heterocycles. The van der Waals surface area contributed by atoms with Gasteiger partial charge in [0.2, 0.25) is 0 Å². The van der Waals surface area contributed by atoms with E-state index in [2.05, 4.69) is 0 Å². The molecule has 1 aromatic carbocycles. The summed E-state index contributed by atoms with van der Waals surface area (Å²) in [5.74, 6) is -0.600. The Morgan fingerprint density at radius 2 is 2.06 bits per heavy atom. The molecule has 0 saturated carbocycles. The molecule has 1 aromatic heterocycles. The Morgan fingerprint density at radius 3 is 2.71 bits per heavy atom. The Labute approximate surface area is 99.2 Å². The molecule has 0 spiro atoms. The summed E-state index contributed by atoms with van der Waals surface area (Å²) >= 11 is 0. The highest BCUT2D eigenvalue weighted by atomic mass is 32.2. The number of halogens is 1. The third-order valence-corrected chi connectivity index (χ3v) is 4.86. The van der Waals surface area contributed by atoms with E-state index in [0.29, 0.717) is 10.9 Å². The molecule has 0 aliphatic rings. The lowest BCUT2D eigenvalue weighted by atomic mass is 10.2. The minimum Gasteiger partial charge on any atom is -0.461 e. The van der Waals surface area contributed by atoms with Gasteiger partial charge in [0, 0.05) is 10.9 Å². The quantitative estimate of drug-likeness (QED) is 0.848. The molecule has 0 N–H and O–H groups in total. The van der Waals surface area contributed by atoms with Gasteiger partial charge < -0.3 is 4.42 Å². The maximum Gasteiger partial charge on any atom is 0.169 e. The highest BCUT2D eigenvalue weighted by Crippen LogP contribution is 2.25. The molecule has 0 unspecified atom stereocenters. The Bertz CT molecular complexity index is 641. The van der Waals surface area contributed by atoms with Gasteiger partial charge in [0.1, 0.15) is 0 Å². The highest BCUT2D eigenvalue weighted by molar-refractivity contribution is 7.91. The van der Waals surface area contributed by atoms with Crippen LogP contribution in [-0.2, 0) is 15.6 Å². The minimum atomic E-state index is -3.21. The van der Waals surface area contributed by atoms with Crippen LogP contribution in [0.15, 0.2) is 28.9 Å². The van der Waals surface area contributed by atoms with Gasteiger partial charge in [-0.1, -0.05) is 12.1 Å². The fraction of sp³-hybridized carbons (Fsp3) is 0.333. The van der Waals surface area contributed by atoms with Crippen molar-refractivity contribution in [3.8, 4) is 0 Å². The van der Waals surface area contributed by atoms with Crippen LogP contribution in [0.3, 0.4) is 0 Å². The van der Waals surface area contributed by atoms with E-state index in [1.165, 1.54) is 12.3 Å². The van der Waals surface area contributed by atoms with Crippen molar-refractivity contribution < 1.29 is 17.2 Å². The minimum absolute atomic E-state index is 0.112. The number of sulfone groups is 1.